The molecule has 1 aliphatic rings. The summed E-state index contributed by atoms with van der Waals surface area (Å²) in [4.78, 5) is 42.3. The average molecular weight is 360 g/mol. The number of amides is 2. The summed E-state index contributed by atoms with van der Waals surface area (Å²) in [5.74, 6) is -1.39. The molecule has 1 saturated heterocycles. The monoisotopic (exact) mass is 360 g/mol. The number of esters is 1. The van der Waals surface area contributed by atoms with Crippen molar-refractivity contribution in [2.24, 2.45) is 10.4 Å². The maximum atomic E-state index is 12.8. The minimum atomic E-state index is -0.678. The van der Waals surface area contributed by atoms with Gasteiger partial charge in [0.05, 0.1) is 17.7 Å². The Bertz CT molecular complexity index is 791. The summed E-state index contributed by atoms with van der Waals surface area (Å²) in [6, 6.07) is 7.28. The molecule has 0 saturated carbocycles. The van der Waals surface area contributed by atoms with Crippen molar-refractivity contribution in [3.63, 3.8) is 0 Å². The molecule has 1 heterocycles. The van der Waals surface area contributed by atoms with E-state index < -0.39 is 17.3 Å². The molecule has 0 aromatic heterocycles. The molecule has 0 atom stereocenters. The lowest BCUT2D eigenvalue weighted by atomic mass is 9.96. The third kappa shape index (κ3) is 4.17. The van der Waals surface area contributed by atoms with Gasteiger partial charge in [-0.15, -0.1) is 0 Å². The number of methoxy groups -OCH3 is 1. The van der Waals surface area contributed by atoms with E-state index in [1.807, 2.05) is 19.1 Å². The first-order valence-corrected chi connectivity index (χ1v) is 8.47. The Kier molecular flexibility index (Phi) is 5.47. The van der Waals surface area contributed by atoms with Crippen LogP contribution in [0.1, 0.15) is 26.3 Å². The second kappa shape index (κ2) is 7.23. The van der Waals surface area contributed by atoms with Gasteiger partial charge in [0.2, 0.25) is 0 Å². The standard InChI is InChI=1S/C18H20N2O4S/c1-11-8-6-7-9-12(11)20-15(22)13(10-14(21)24-5)25-17(20)19-16(23)18(2,3)4/h6-10H,1-5H3/b13-10-,19-17?. The van der Waals surface area contributed by atoms with Gasteiger partial charge in [-0.3, -0.25) is 14.5 Å². The summed E-state index contributed by atoms with van der Waals surface area (Å²) in [7, 11) is 1.24. The molecule has 2 rings (SSSR count). The molecule has 1 aromatic rings. The van der Waals surface area contributed by atoms with E-state index in [0.29, 0.717) is 5.69 Å². The zero-order valence-corrected chi connectivity index (χ0v) is 15.6. The van der Waals surface area contributed by atoms with Gasteiger partial charge in [0.25, 0.3) is 11.8 Å². The molecule has 6 nitrogen and oxygen atoms in total. The van der Waals surface area contributed by atoms with Crippen LogP contribution in [0.25, 0.3) is 0 Å². The zero-order chi connectivity index (χ0) is 18.8. The number of amidine groups is 1. The summed E-state index contributed by atoms with van der Waals surface area (Å²) < 4.78 is 4.59. The molecule has 0 bridgehead atoms. The molecule has 7 heteroatoms. The Hall–Kier alpha value is -2.41. The number of nitrogens with zero attached hydrogens (tertiary/aromatic N) is 2. The second-order valence-electron chi connectivity index (χ2n) is 6.51. The van der Waals surface area contributed by atoms with Crippen molar-refractivity contribution in [1.82, 2.24) is 0 Å². The van der Waals surface area contributed by atoms with Gasteiger partial charge in [-0.05, 0) is 30.3 Å². The van der Waals surface area contributed by atoms with Crippen molar-refractivity contribution in [2.75, 3.05) is 12.0 Å². The highest BCUT2D eigenvalue weighted by molar-refractivity contribution is 8.19. The van der Waals surface area contributed by atoms with Crippen LogP contribution in [0.5, 0.6) is 0 Å². The van der Waals surface area contributed by atoms with E-state index in [-0.39, 0.29) is 16.0 Å². The molecule has 0 spiro atoms. The number of rotatable bonds is 2. The summed E-state index contributed by atoms with van der Waals surface area (Å²) in [6.07, 6.45) is 1.11. The molecule has 1 fully saturated rings. The van der Waals surface area contributed by atoms with Crippen LogP contribution in [0.3, 0.4) is 0 Å². The first kappa shape index (κ1) is 18.9. The van der Waals surface area contributed by atoms with E-state index in [4.69, 9.17) is 0 Å². The average Bonchev–Trinajstić information content (AvgIpc) is 2.82. The lowest BCUT2D eigenvalue weighted by molar-refractivity contribution is -0.135. The van der Waals surface area contributed by atoms with Gasteiger partial charge in [0, 0.05) is 11.5 Å². The largest absolute Gasteiger partial charge is 0.466 e. The van der Waals surface area contributed by atoms with Crippen LogP contribution in [0, 0.1) is 12.3 Å². The normalized spacial score (nSPS) is 18.1. The first-order chi connectivity index (χ1) is 11.6. The van der Waals surface area contributed by atoms with Gasteiger partial charge < -0.3 is 4.74 Å². The van der Waals surface area contributed by atoms with E-state index in [0.717, 1.165) is 23.4 Å². The molecule has 0 unspecified atom stereocenters. The number of thioether (sulfide) groups is 1. The molecule has 1 aromatic carbocycles. The molecule has 1 aliphatic heterocycles. The number of ether oxygens (including phenoxy) is 1. The minimum Gasteiger partial charge on any atom is -0.466 e. The number of benzene rings is 1. The Morgan fingerprint density at radius 1 is 1.24 bits per heavy atom. The fourth-order valence-corrected chi connectivity index (χ4v) is 2.93. The molecule has 0 aliphatic carbocycles. The van der Waals surface area contributed by atoms with Gasteiger partial charge in [-0.2, -0.15) is 4.99 Å². The molecule has 2 amide bonds. The Morgan fingerprint density at radius 3 is 2.44 bits per heavy atom. The van der Waals surface area contributed by atoms with E-state index in [1.54, 1.807) is 32.9 Å². The smallest absolute Gasteiger partial charge is 0.331 e. The van der Waals surface area contributed by atoms with E-state index in [1.165, 1.54) is 12.0 Å². The zero-order valence-electron chi connectivity index (χ0n) is 14.8. The number of hydrogen-bond acceptors (Lipinski definition) is 5. The molecule has 0 N–H and O–H groups in total. The van der Waals surface area contributed by atoms with Crippen molar-refractivity contribution >= 4 is 40.4 Å². The third-order valence-electron chi connectivity index (χ3n) is 3.45. The molecule has 132 valence electrons. The van der Waals surface area contributed by atoms with E-state index in [2.05, 4.69) is 9.73 Å². The van der Waals surface area contributed by atoms with Crippen molar-refractivity contribution in [1.29, 1.82) is 0 Å². The topological polar surface area (TPSA) is 76.0 Å². The SMILES string of the molecule is COC(=O)/C=C1\SC(=NC(=O)C(C)(C)C)N(c2ccccc2C)C1=O. The van der Waals surface area contributed by atoms with E-state index in [9.17, 15) is 14.4 Å². The van der Waals surface area contributed by atoms with Crippen LogP contribution in [-0.4, -0.2) is 30.1 Å². The van der Waals surface area contributed by atoms with Crippen molar-refractivity contribution in [2.45, 2.75) is 27.7 Å². The highest BCUT2D eigenvalue weighted by atomic mass is 32.2. The van der Waals surface area contributed by atoms with Gasteiger partial charge in [-0.1, -0.05) is 39.0 Å². The maximum Gasteiger partial charge on any atom is 0.331 e. The summed E-state index contributed by atoms with van der Waals surface area (Å²) in [5.41, 5.74) is 0.795. The number of carbonyl (C=O) groups excluding carboxylic acids is 3. The number of aliphatic imine (C=N–C) groups is 1. The molecular formula is C18H20N2O4S. The van der Waals surface area contributed by atoms with Crippen molar-refractivity contribution in [3.8, 4) is 0 Å². The predicted molar refractivity (Wildman–Crippen MR) is 98.3 cm³/mol. The summed E-state index contributed by atoms with van der Waals surface area (Å²) in [5, 5.41) is 0.231. The number of aryl methyl sites for hydroxylation is 1. The molecule has 0 radical (unpaired) electrons. The Morgan fingerprint density at radius 2 is 1.88 bits per heavy atom. The van der Waals surface area contributed by atoms with Crippen molar-refractivity contribution in [3.05, 3.63) is 40.8 Å². The number of hydrogen-bond donors (Lipinski definition) is 0. The van der Waals surface area contributed by atoms with Crippen LogP contribution in [-0.2, 0) is 19.1 Å². The highest BCUT2D eigenvalue weighted by Crippen LogP contribution is 2.36. The molecule has 25 heavy (non-hydrogen) atoms. The quantitative estimate of drug-likeness (QED) is 0.598. The van der Waals surface area contributed by atoms with Crippen molar-refractivity contribution < 1.29 is 19.1 Å². The number of anilines is 1. The summed E-state index contributed by atoms with van der Waals surface area (Å²) >= 11 is 0.984. The number of para-hydroxylation sites is 1. The van der Waals surface area contributed by atoms with Gasteiger partial charge in [0.1, 0.15) is 0 Å². The minimum absolute atomic E-state index is 0.163. The van der Waals surface area contributed by atoms with Gasteiger partial charge in [0.15, 0.2) is 5.17 Å². The predicted octanol–water partition coefficient (Wildman–Crippen LogP) is 3.06. The lowest BCUT2D eigenvalue weighted by Crippen LogP contribution is -2.31. The van der Waals surface area contributed by atoms with Crippen LogP contribution >= 0.6 is 11.8 Å². The maximum absolute atomic E-state index is 12.8. The first-order valence-electron chi connectivity index (χ1n) is 7.66. The van der Waals surface area contributed by atoms with Gasteiger partial charge >= 0.3 is 5.97 Å². The van der Waals surface area contributed by atoms with Crippen LogP contribution in [0.2, 0.25) is 0 Å². The Balaban J connectivity index is 2.55. The van der Waals surface area contributed by atoms with Gasteiger partial charge in [-0.25, -0.2) is 4.79 Å². The highest BCUT2D eigenvalue weighted by Gasteiger charge is 2.37. The summed E-state index contributed by atoms with van der Waals surface area (Å²) in [6.45, 7) is 7.12. The Labute approximate surface area is 150 Å². The van der Waals surface area contributed by atoms with Crippen LogP contribution in [0.4, 0.5) is 5.69 Å². The second-order valence-corrected chi connectivity index (χ2v) is 7.52. The third-order valence-corrected chi connectivity index (χ3v) is 4.42. The molecular weight excluding hydrogens is 340 g/mol. The fraction of sp³-hybridized carbons (Fsp3) is 0.333. The number of carbonyl (C=O) groups is 3. The fourth-order valence-electron chi connectivity index (χ4n) is 2.00. The van der Waals surface area contributed by atoms with E-state index >= 15 is 0 Å². The van der Waals surface area contributed by atoms with Crippen LogP contribution < -0.4 is 4.90 Å². The lowest BCUT2D eigenvalue weighted by Gasteiger charge is -2.19. The van der Waals surface area contributed by atoms with Crippen LogP contribution in [0.15, 0.2) is 40.2 Å².